The van der Waals surface area contributed by atoms with Gasteiger partial charge in [0.2, 0.25) is 15.9 Å². The van der Waals surface area contributed by atoms with E-state index in [-0.39, 0.29) is 29.8 Å². The second-order valence-corrected chi connectivity index (χ2v) is 11.9. The van der Waals surface area contributed by atoms with Crippen molar-refractivity contribution in [3.63, 3.8) is 0 Å². The van der Waals surface area contributed by atoms with Crippen molar-refractivity contribution < 1.29 is 22.7 Å². The number of amides is 1. The van der Waals surface area contributed by atoms with Crippen LogP contribution in [0.1, 0.15) is 12.8 Å². The maximum Gasteiger partial charge on any atom is 0.243 e. The third kappa shape index (κ3) is 5.38. The van der Waals surface area contributed by atoms with Crippen molar-refractivity contribution in [1.29, 1.82) is 0 Å². The summed E-state index contributed by atoms with van der Waals surface area (Å²) in [4.78, 5) is 20.5. The molecule has 0 radical (unpaired) electrons. The topological polar surface area (TPSA) is 107 Å². The molecule has 0 spiro atoms. The highest BCUT2D eigenvalue weighted by atomic mass is 32.2. The summed E-state index contributed by atoms with van der Waals surface area (Å²) >= 11 is 1.44. The Kier molecular flexibility index (Phi) is 7.63. The molecule has 1 aliphatic rings. The highest BCUT2D eigenvalue weighted by molar-refractivity contribution is 7.89. The van der Waals surface area contributed by atoms with E-state index in [4.69, 9.17) is 14.5 Å². The monoisotopic (exact) mass is 555 g/mol. The molecule has 1 saturated heterocycles. The maximum atomic E-state index is 13.8. The fourth-order valence-electron chi connectivity index (χ4n) is 4.53. The van der Waals surface area contributed by atoms with Gasteiger partial charge in [0, 0.05) is 37.9 Å². The zero-order valence-corrected chi connectivity index (χ0v) is 22.8. The van der Waals surface area contributed by atoms with E-state index in [1.807, 2.05) is 30.5 Å². The third-order valence-electron chi connectivity index (χ3n) is 6.69. The summed E-state index contributed by atoms with van der Waals surface area (Å²) in [6.45, 7) is 1.47. The van der Waals surface area contributed by atoms with Crippen molar-refractivity contribution in [3.8, 4) is 11.5 Å². The maximum absolute atomic E-state index is 13.8. The third-order valence-corrected chi connectivity index (χ3v) is 9.65. The lowest BCUT2D eigenvalue weighted by atomic mass is 9.96. The molecule has 38 heavy (non-hydrogen) atoms. The van der Waals surface area contributed by atoms with Gasteiger partial charge in [0.25, 0.3) is 0 Å². The van der Waals surface area contributed by atoms with Gasteiger partial charge in [-0.3, -0.25) is 14.4 Å². The first-order valence-electron chi connectivity index (χ1n) is 12.3. The lowest BCUT2D eigenvalue weighted by Gasteiger charge is -2.33. The molecule has 1 aliphatic heterocycles. The molecule has 0 atom stereocenters. The Balaban J connectivity index is 1.33. The number of ether oxygens (including phenoxy) is 2. The zero-order valence-electron chi connectivity index (χ0n) is 21.2. The number of carbonyl (C=O) groups excluding carboxylic acids is 1. The van der Waals surface area contributed by atoms with E-state index in [1.165, 1.54) is 22.8 Å². The summed E-state index contributed by atoms with van der Waals surface area (Å²) in [5, 5.41) is 4.87. The number of sulfonamides is 1. The van der Waals surface area contributed by atoms with Crippen LogP contribution < -0.4 is 14.4 Å². The smallest absolute Gasteiger partial charge is 0.243 e. The van der Waals surface area contributed by atoms with Gasteiger partial charge >= 0.3 is 0 Å². The Bertz CT molecular complexity index is 1490. The molecule has 3 heterocycles. The summed E-state index contributed by atoms with van der Waals surface area (Å²) in [7, 11) is -0.501. The molecule has 0 N–H and O–H groups in total. The summed E-state index contributed by atoms with van der Waals surface area (Å²) in [5.41, 5.74) is 0.795. The molecule has 4 aromatic rings. The largest absolute Gasteiger partial charge is 0.497 e. The Morgan fingerprint density at radius 1 is 1.08 bits per heavy atom. The molecule has 0 aliphatic carbocycles. The molecule has 2 aromatic carbocycles. The Morgan fingerprint density at radius 2 is 1.79 bits per heavy atom. The average Bonchev–Trinajstić information content (AvgIpc) is 3.62. The van der Waals surface area contributed by atoms with Gasteiger partial charge in [-0.25, -0.2) is 13.4 Å². The molecule has 10 nitrogen and oxygen atoms in total. The van der Waals surface area contributed by atoms with Crippen LogP contribution in [-0.2, 0) is 21.4 Å². The lowest BCUT2D eigenvalue weighted by Crippen LogP contribution is -2.45. The van der Waals surface area contributed by atoms with Crippen molar-refractivity contribution >= 4 is 42.6 Å². The summed E-state index contributed by atoms with van der Waals surface area (Å²) in [5.74, 6) is 0.963. The predicted octanol–water partition coefficient (Wildman–Crippen LogP) is 3.64. The number of benzene rings is 2. The van der Waals surface area contributed by atoms with Crippen molar-refractivity contribution in [2.75, 3.05) is 38.8 Å². The molecule has 1 fully saturated rings. The summed E-state index contributed by atoms with van der Waals surface area (Å²) < 4.78 is 41.0. The zero-order chi connectivity index (χ0) is 26.7. The molecule has 5 rings (SSSR count). The number of hydrogen-bond donors (Lipinski definition) is 0. The highest BCUT2D eigenvalue weighted by Gasteiger charge is 2.35. The van der Waals surface area contributed by atoms with Crippen LogP contribution in [0.3, 0.4) is 0 Å². The SMILES string of the molecule is COc1ccc(S(=O)(=O)N2CCC(C(=O)N(CCn3cccn3)c3nc4ccc(OC)cc4s3)CC2)cc1. The number of anilines is 1. The Labute approximate surface area is 225 Å². The quantitative estimate of drug-likeness (QED) is 0.310. The van der Waals surface area contributed by atoms with Crippen LogP contribution in [-0.4, -0.2) is 67.2 Å². The normalized spacial score (nSPS) is 15.0. The number of nitrogens with zero attached hydrogens (tertiary/aromatic N) is 5. The van der Waals surface area contributed by atoms with Gasteiger partial charge in [-0.15, -0.1) is 0 Å². The van der Waals surface area contributed by atoms with Crippen molar-refractivity contribution in [2.24, 2.45) is 5.92 Å². The number of thiazole rings is 1. The van der Waals surface area contributed by atoms with Gasteiger partial charge in [0.05, 0.1) is 35.9 Å². The first kappa shape index (κ1) is 26.1. The van der Waals surface area contributed by atoms with Crippen LogP contribution in [0, 0.1) is 5.92 Å². The standard InChI is InChI=1S/C26H29N5O5S2/c1-35-20-4-7-22(8-5-20)38(33,34)30-14-10-19(11-15-30)25(32)31(17-16-29-13-3-12-27-29)26-28-23-9-6-21(36-2)18-24(23)37-26/h3-9,12-13,18-19H,10-11,14-17H2,1-2H3. The van der Waals surface area contributed by atoms with Crippen molar-refractivity contribution in [2.45, 2.75) is 24.3 Å². The first-order chi connectivity index (χ1) is 18.4. The highest BCUT2D eigenvalue weighted by Crippen LogP contribution is 2.34. The van der Waals surface area contributed by atoms with Gasteiger partial charge in [-0.1, -0.05) is 11.3 Å². The minimum atomic E-state index is -3.65. The fourth-order valence-corrected chi connectivity index (χ4v) is 7.03. The lowest BCUT2D eigenvalue weighted by molar-refractivity contribution is -0.123. The minimum Gasteiger partial charge on any atom is -0.497 e. The van der Waals surface area contributed by atoms with E-state index in [9.17, 15) is 13.2 Å². The molecular weight excluding hydrogens is 526 g/mol. The number of fused-ring (bicyclic) bond motifs is 1. The molecule has 1 amide bonds. The van der Waals surface area contributed by atoms with Crippen molar-refractivity contribution in [3.05, 3.63) is 60.9 Å². The van der Waals surface area contributed by atoms with E-state index >= 15 is 0 Å². The van der Waals surface area contributed by atoms with E-state index in [1.54, 1.807) is 47.2 Å². The predicted molar refractivity (Wildman–Crippen MR) is 145 cm³/mol. The second-order valence-electron chi connectivity index (χ2n) is 8.94. The van der Waals surface area contributed by atoms with Gasteiger partial charge in [-0.05, 0) is 61.4 Å². The van der Waals surface area contributed by atoms with Crippen LogP contribution in [0.25, 0.3) is 10.2 Å². The molecule has 0 unspecified atom stereocenters. The van der Waals surface area contributed by atoms with E-state index < -0.39 is 10.0 Å². The van der Waals surface area contributed by atoms with Gasteiger partial charge < -0.3 is 9.47 Å². The van der Waals surface area contributed by atoms with Crippen LogP contribution >= 0.6 is 11.3 Å². The molecular formula is C26H29N5O5S2. The first-order valence-corrected chi connectivity index (χ1v) is 14.5. The fraction of sp³-hybridized carbons (Fsp3) is 0.346. The van der Waals surface area contributed by atoms with Gasteiger partial charge in [0.1, 0.15) is 11.5 Å². The molecule has 200 valence electrons. The van der Waals surface area contributed by atoms with Crippen LogP contribution in [0.5, 0.6) is 11.5 Å². The number of rotatable bonds is 9. The molecule has 12 heteroatoms. The molecule has 0 saturated carbocycles. The Hall–Kier alpha value is -3.48. The van der Waals surface area contributed by atoms with Gasteiger partial charge in [-0.2, -0.15) is 9.40 Å². The number of carbonyl (C=O) groups is 1. The Morgan fingerprint density at radius 3 is 2.45 bits per heavy atom. The number of hydrogen-bond acceptors (Lipinski definition) is 8. The molecule has 2 aromatic heterocycles. The van der Waals surface area contributed by atoms with Crippen LogP contribution in [0.15, 0.2) is 65.8 Å². The van der Waals surface area contributed by atoms with Crippen molar-refractivity contribution in [1.82, 2.24) is 19.1 Å². The summed E-state index contributed by atoms with van der Waals surface area (Å²) in [6, 6.07) is 13.8. The number of piperidine rings is 1. The van der Waals surface area contributed by atoms with E-state index in [0.717, 1.165) is 16.0 Å². The van der Waals surface area contributed by atoms with Crippen LogP contribution in [0.4, 0.5) is 5.13 Å². The second kappa shape index (κ2) is 11.1. The summed E-state index contributed by atoms with van der Waals surface area (Å²) in [6.07, 6.45) is 4.43. The number of aromatic nitrogens is 3. The van der Waals surface area contributed by atoms with E-state index in [2.05, 4.69) is 5.10 Å². The number of methoxy groups -OCH3 is 2. The molecule has 0 bridgehead atoms. The van der Waals surface area contributed by atoms with E-state index in [0.29, 0.717) is 36.8 Å². The van der Waals surface area contributed by atoms with Gasteiger partial charge in [0.15, 0.2) is 5.13 Å². The average molecular weight is 556 g/mol. The minimum absolute atomic E-state index is 0.0512. The van der Waals surface area contributed by atoms with Crippen LogP contribution in [0.2, 0.25) is 0 Å².